The van der Waals surface area contributed by atoms with Crippen molar-refractivity contribution in [3.05, 3.63) is 89.3 Å². The summed E-state index contributed by atoms with van der Waals surface area (Å²) in [7, 11) is 1.40. The summed E-state index contributed by atoms with van der Waals surface area (Å²) in [5.74, 6) is -2.06. The van der Waals surface area contributed by atoms with Crippen molar-refractivity contribution in [2.45, 2.75) is 32.5 Å². The van der Waals surface area contributed by atoms with Crippen molar-refractivity contribution >= 4 is 45.8 Å². The molecule has 0 aliphatic rings. The number of fused-ring (bicyclic) bond motifs is 1. The highest BCUT2D eigenvalue weighted by Crippen LogP contribution is 2.32. The van der Waals surface area contributed by atoms with E-state index < -0.39 is 29.8 Å². The van der Waals surface area contributed by atoms with Crippen LogP contribution in [0.3, 0.4) is 0 Å². The van der Waals surface area contributed by atoms with Crippen LogP contribution >= 0.6 is 11.6 Å². The van der Waals surface area contributed by atoms with Crippen molar-refractivity contribution in [2.24, 2.45) is 0 Å². The number of rotatable bonds is 8. The van der Waals surface area contributed by atoms with Gasteiger partial charge < -0.3 is 19.9 Å². The predicted octanol–water partition coefficient (Wildman–Crippen LogP) is 5.15. The number of Topliss-reactive ketones (excluding diaryl/α,β-unsaturated/α-hetero) is 1. The Balaban J connectivity index is 1.57. The predicted molar refractivity (Wildman–Crippen MR) is 146 cm³/mol. The molecular formula is C29H27ClFN3O4. The van der Waals surface area contributed by atoms with E-state index in [9.17, 15) is 19.5 Å². The molecule has 0 aliphatic heterocycles. The van der Waals surface area contributed by atoms with E-state index in [-0.39, 0.29) is 23.6 Å². The van der Waals surface area contributed by atoms with Crippen LogP contribution in [0.4, 0.5) is 10.1 Å². The third-order valence-electron chi connectivity index (χ3n) is 6.43. The number of aliphatic hydroxyl groups excluding tert-OH is 1. The molecule has 3 aromatic carbocycles. The molecule has 2 atom stereocenters. The summed E-state index contributed by atoms with van der Waals surface area (Å²) in [5, 5.41) is 14.0. The average molecular weight is 536 g/mol. The number of para-hydroxylation sites is 1. The third kappa shape index (κ3) is 5.32. The van der Waals surface area contributed by atoms with Gasteiger partial charge in [0.25, 0.3) is 0 Å². The molecule has 4 aromatic rings. The molecule has 0 unspecified atom stereocenters. The maximum absolute atomic E-state index is 15.4. The van der Waals surface area contributed by atoms with Crippen molar-refractivity contribution in [1.29, 1.82) is 0 Å². The molecule has 0 saturated carbocycles. The molecule has 1 aromatic heterocycles. The van der Waals surface area contributed by atoms with Crippen LogP contribution in [0, 0.1) is 5.82 Å². The number of anilines is 1. The van der Waals surface area contributed by atoms with Crippen LogP contribution in [-0.2, 0) is 16.1 Å². The fourth-order valence-electron chi connectivity index (χ4n) is 4.51. The summed E-state index contributed by atoms with van der Waals surface area (Å²) < 4.78 is 17.0. The minimum Gasteiger partial charge on any atom is -0.391 e. The molecule has 9 heteroatoms. The zero-order valence-corrected chi connectivity index (χ0v) is 21.9. The maximum Gasteiger partial charge on any atom is 0.249 e. The van der Waals surface area contributed by atoms with Gasteiger partial charge in [-0.1, -0.05) is 60.1 Å². The summed E-state index contributed by atoms with van der Waals surface area (Å²) >= 11 is 6.23. The standard InChI is InChI=1S/C29H27ClFN3O4/c1-17(35)22-15-34(25-14-7-5-10-20(22)25)16-26(37)33(3)28(18(2)36)29(38)32-24-13-8-11-21(27(24)31)19-9-4-6-12-23(19)30/h4-15,18,28,36H,16H2,1-3H3,(H,32,38)/t18-,28+/m1/s1. The van der Waals surface area contributed by atoms with Gasteiger partial charge in [-0.15, -0.1) is 0 Å². The van der Waals surface area contributed by atoms with Gasteiger partial charge in [-0.2, -0.15) is 0 Å². The number of likely N-dealkylation sites (N-methyl/N-ethyl adjacent to an activating group) is 1. The van der Waals surface area contributed by atoms with Crippen LogP contribution in [-0.4, -0.2) is 51.4 Å². The molecule has 0 aliphatic carbocycles. The molecule has 0 fully saturated rings. The number of aliphatic hydroxyl groups is 1. The molecule has 4 rings (SSSR count). The summed E-state index contributed by atoms with van der Waals surface area (Å²) in [6.07, 6.45) is 0.346. The number of nitrogens with one attached hydrogen (secondary N) is 1. The fraction of sp³-hybridized carbons (Fsp3) is 0.207. The first-order chi connectivity index (χ1) is 18.1. The van der Waals surface area contributed by atoms with Gasteiger partial charge >= 0.3 is 0 Å². The van der Waals surface area contributed by atoms with E-state index in [0.29, 0.717) is 27.1 Å². The lowest BCUT2D eigenvalue weighted by Gasteiger charge is -2.29. The molecule has 7 nitrogen and oxygen atoms in total. The van der Waals surface area contributed by atoms with Crippen molar-refractivity contribution in [1.82, 2.24) is 9.47 Å². The Labute approximate surface area is 224 Å². The first kappa shape index (κ1) is 27.0. The number of nitrogens with zero attached hydrogens (tertiary/aromatic N) is 2. The van der Waals surface area contributed by atoms with E-state index in [0.717, 1.165) is 4.90 Å². The first-order valence-corrected chi connectivity index (χ1v) is 12.3. The SMILES string of the molecule is CC(=O)c1cn(CC(=O)N(C)[C@H](C(=O)Nc2cccc(-c3ccccc3Cl)c2F)[C@@H](C)O)c2ccccc12. The van der Waals surface area contributed by atoms with Crippen LogP contribution in [0.5, 0.6) is 0 Å². The van der Waals surface area contributed by atoms with E-state index in [1.54, 1.807) is 71.4 Å². The van der Waals surface area contributed by atoms with Gasteiger partial charge in [0, 0.05) is 45.9 Å². The van der Waals surface area contributed by atoms with Crippen LogP contribution in [0.25, 0.3) is 22.0 Å². The van der Waals surface area contributed by atoms with Gasteiger partial charge in [-0.25, -0.2) is 4.39 Å². The van der Waals surface area contributed by atoms with Gasteiger partial charge in [0.05, 0.1) is 11.8 Å². The number of benzene rings is 3. The molecular weight excluding hydrogens is 509 g/mol. The highest BCUT2D eigenvalue weighted by atomic mass is 35.5. The van der Waals surface area contributed by atoms with Gasteiger partial charge in [0.15, 0.2) is 11.6 Å². The lowest BCUT2D eigenvalue weighted by Crippen LogP contribution is -2.51. The maximum atomic E-state index is 15.4. The van der Waals surface area contributed by atoms with Crippen molar-refractivity contribution in [3.8, 4) is 11.1 Å². The minimum absolute atomic E-state index is 0.110. The van der Waals surface area contributed by atoms with Crippen molar-refractivity contribution in [3.63, 3.8) is 0 Å². The van der Waals surface area contributed by atoms with Gasteiger partial charge in [0.2, 0.25) is 11.8 Å². The average Bonchev–Trinajstić information content (AvgIpc) is 3.24. The summed E-state index contributed by atoms with van der Waals surface area (Å²) in [6, 6.07) is 17.2. The van der Waals surface area contributed by atoms with E-state index in [1.165, 1.54) is 27.0 Å². The molecule has 0 bridgehead atoms. The summed E-state index contributed by atoms with van der Waals surface area (Å²) in [4.78, 5) is 39.6. The smallest absolute Gasteiger partial charge is 0.249 e. The van der Waals surface area contributed by atoms with Crippen molar-refractivity contribution in [2.75, 3.05) is 12.4 Å². The van der Waals surface area contributed by atoms with Gasteiger partial charge in [-0.05, 0) is 32.0 Å². The first-order valence-electron chi connectivity index (χ1n) is 12.0. The van der Waals surface area contributed by atoms with Crippen LogP contribution < -0.4 is 5.32 Å². The Morgan fingerprint density at radius 1 is 1.03 bits per heavy atom. The molecule has 2 N–H and O–H groups in total. The number of amides is 2. The zero-order valence-electron chi connectivity index (χ0n) is 21.1. The Morgan fingerprint density at radius 3 is 2.37 bits per heavy atom. The molecule has 38 heavy (non-hydrogen) atoms. The molecule has 0 radical (unpaired) electrons. The van der Waals surface area contributed by atoms with Crippen molar-refractivity contribution < 1.29 is 23.9 Å². The third-order valence-corrected chi connectivity index (χ3v) is 6.76. The second-order valence-electron chi connectivity index (χ2n) is 9.07. The molecule has 196 valence electrons. The van der Waals surface area contributed by atoms with E-state index in [2.05, 4.69) is 5.32 Å². The Morgan fingerprint density at radius 2 is 1.68 bits per heavy atom. The summed E-state index contributed by atoms with van der Waals surface area (Å²) in [6.45, 7) is 2.66. The number of carbonyl (C=O) groups is 3. The Hall–Kier alpha value is -4.01. The van der Waals surface area contributed by atoms with Crippen LogP contribution in [0.15, 0.2) is 72.9 Å². The monoisotopic (exact) mass is 535 g/mol. The largest absolute Gasteiger partial charge is 0.391 e. The number of halogens is 2. The van der Waals surface area contributed by atoms with E-state index in [4.69, 9.17) is 11.6 Å². The number of ketones is 1. The summed E-state index contributed by atoms with van der Waals surface area (Å²) in [5.41, 5.74) is 1.73. The lowest BCUT2D eigenvalue weighted by atomic mass is 10.0. The lowest BCUT2D eigenvalue weighted by molar-refractivity contribution is -0.140. The number of aromatic nitrogens is 1. The highest BCUT2D eigenvalue weighted by molar-refractivity contribution is 6.33. The quantitative estimate of drug-likeness (QED) is 0.305. The topological polar surface area (TPSA) is 91.6 Å². The van der Waals surface area contributed by atoms with E-state index >= 15 is 4.39 Å². The second kappa shape index (κ2) is 11.2. The molecule has 1 heterocycles. The Bertz CT molecular complexity index is 1530. The van der Waals surface area contributed by atoms with E-state index in [1.807, 2.05) is 0 Å². The number of carbonyl (C=O) groups excluding carboxylic acids is 3. The zero-order chi connectivity index (χ0) is 27.6. The number of hydrogen-bond acceptors (Lipinski definition) is 4. The van der Waals surface area contributed by atoms with Gasteiger partial charge in [0.1, 0.15) is 12.6 Å². The molecule has 0 spiro atoms. The highest BCUT2D eigenvalue weighted by Gasteiger charge is 2.32. The Kier molecular flexibility index (Phi) is 7.94. The molecule has 2 amide bonds. The fourth-order valence-corrected chi connectivity index (χ4v) is 4.75. The van der Waals surface area contributed by atoms with Gasteiger partial charge in [-0.3, -0.25) is 14.4 Å². The minimum atomic E-state index is -1.31. The molecule has 0 saturated heterocycles. The number of hydrogen-bond donors (Lipinski definition) is 2. The van der Waals surface area contributed by atoms with Crippen LogP contribution in [0.2, 0.25) is 5.02 Å². The normalized spacial score (nSPS) is 12.7. The second-order valence-corrected chi connectivity index (χ2v) is 9.48. The van der Waals surface area contributed by atoms with Crippen LogP contribution in [0.1, 0.15) is 24.2 Å².